The summed E-state index contributed by atoms with van der Waals surface area (Å²) in [4.78, 5) is 0. The number of halogens is 1. The molecule has 2 bridgehead atoms. The van der Waals surface area contributed by atoms with Crippen LogP contribution in [0.3, 0.4) is 0 Å². The Balaban J connectivity index is 2.10. The zero-order valence-electron chi connectivity index (χ0n) is 6.22. The van der Waals surface area contributed by atoms with E-state index in [1.165, 1.54) is 19.3 Å². The predicted octanol–water partition coefficient (Wildman–Crippen LogP) is 2.76. The smallest absolute Gasteiger partial charge is 0.0485 e. The lowest BCUT2D eigenvalue weighted by Gasteiger charge is -2.24. The SMILES string of the molecule is CSC1C2CCC(C2)C1Cl. The van der Waals surface area contributed by atoms with Crippen molar-refractivity contribution in [2.75, 3.05) is 6.26 Å². The molecule has 0 nitrogen and oxygen atoms in total. The van der Waals surface area contributed by atoms with E-state index in [0.717, 1.165) is 17.1 Å². The van der Waals surface area contributed by atoms with Gasteiger partial charge in [-0.05, 0) is 37.4 Å². The fourth-order valence-electron chi connectivity index (χ4n) is 2.49. The molecule has 2 aliphatic carbocycles. The maximum Gasteiger partial charge on any atom is 0.0485 e. The summed E-state index contributed by atoms with van der Waals surface area (Å²) in [7, 11) is 0. The quantitative estimate of drug-likeness (QED) is 0.554. The molecule has 2 aliphatic rings. The third kappa shape index (κ3) is 0.902. The van der Waals surface area contributed by atoms with Crippen molar-refractivity contribution < 1.29 is 0 Å². The van der Waals surface area contributed by atoms with Gasteiger partial charge in [-0.25, -0.2) is 0 Å². The monoisotopic (exact) mass is 176 g/mol. The molecule has 0 saturated heterocycles. The van der Waals surface area contributed by atoms with Gasteiger partial charge >= 0.3 is 0 Å². The van der Waals surface area contributed by atoms with Crippen molar-refractivity contribution in [3.63, 3.8) is 0 Å². The molecule has 0 aromatic carbocycles. The lowest BCUT2D eigenvalue weighted by molar-refractivity contribution is 0.499. The largest absolute Gasteiger partial charge is 0.160 e. The maximum atomic E-state index is 6.25. The van der Waals surface area contributed by atoms with Crippen molar-refractivity contribution >= 4 is 23.4 Å². The number of thioether (sulfide) groups is 1. The second kappa shape index (κ2) is 2.60. The molecular weight excluding hydrogens is 164 g/mol. The van der Waals surface area contributed by atoms with Crippen LogP contribution < -0.4 is 0 Å². The van der Waals surface area contributed by atoms with Crippen molar-refractivity contribution in [3.8, 4) is 0 Å². The lowest BCUT2D eigenvalue weighted by Crippen LogP contribution is -2.24. The van der Waals surface area contributed by atoms with Crippen LogP contribution in [0.2, 0.25) is 0 Å². The summed E-state index contributed by atoms with van der Waals surface area (Å²) >= 11 is 8.23. The maximum absolute atomic E-state index is 6.25. The van der Waals surface area contributed by atoms with E-state index in [1.807, 2.05) is 11.8 Å². The van der Waals surface area contributed by atoms with Crippen LogP contribution >= 0.6 is 23.4 Å². The van der Waals surface area contributed by atoms with Crippen LogP contribution in [0.5, 0.6) is 0 Å². The summed E-state index contributed by atoms with van der Waals surface area (Å²) < 4.78 is 0. The van der Waals surface area contributed by atoms with E-state index < -0.39 is 0 Å². The molecule has 4 unspecified atom stereocenters. The normalized spacial score (nSPS) is 52.2. The highest BCUT2D eigenvalue weighted by Crippen LogP contribution is 2.51. The summed E-state index contributed by atoms with van der Waals surface area (Å²) in [6.45, 7) is 0. The van der Waals surface area contributed by atoms with Crippen molar-refractivity contribution in [1.29, 1.82) is 0 Å². The van der Waals surface area contributed by atoms with Crippen molar-refractivity contribution in [2.24, 2.45) is 11.8 Å². The Morgan fingerprint density at radius 2 is 2.00 bits per heavy atom. The Morgan fingerprint density at radius 1 is 1.30 bits per heavy atom. The lowest BCUT2D eigenvalue weighted by atomic mass is 10.00. The van der Waals surface area contributed by atoms with Gasteiger partial charge in [-0.3, -0.25) is 0 Å². The number of hydrogen-bond acceptors (Lipinski definition) is 1. The van der Waals surface area contributed by atoms with Crippen LogP contribution in [0.25, 0.3) is 0 Å². The predicted molar refractivity (Wildman–Crippen MR) is 47.8 cm³/mol. The average molecular weight is 177 g/mol. The molecule has 0 aliphatic heterocycles. The van der Waals surface area contributed by atoms with Crippen LogP contribution in [0.15, 0.2) is 0 Å². The summed E-state index contributed by atoms with van der Waals surface area (Å²) in [5.74, 6) is 1.83. The molecule has 0 amide bonds. The number of hydrogen-bond donors (Lipinski definition) is 0. The van der Waals surface area contributed by atoms with Crippen LogP contribution in [-0.2, 0) is 0 Å². The van der Waals surface area contributed by atoms with Gasteiger partial charge in [-0.15, -0.1) is 11.6 Å². The first-order valence-corrected chi connectivity index (χ1v) is 5.72. The highest BCUT2D eigenvalue weighted by Gasteiger charge is 2.46. The first-order valence-electron chi connectivity index (χ1n) is 4.00. The number of rotatable bonds is 1. The third-order valence-electron chi connectivity index (χ3n) is 3.01. The molecule has 2 heteroatoms. The van der Waals surface area contributed by atoms with Gasteiger partial charge in [-0.2, -0.15) is 11.8 Å². The molecule has 0 aromatic rings. The van der Waals surface area contributed by atoms with Gasteiger partial charge in [0.15, 0.2) is 0 Å². The van der Waals surface area contributed by atoms with Gasteiger partial charge in [0.1, 0.15) is 0 Å². The summed E-state index contributed by atoms with van der Waals surface area (Å²) in [6.07, 6.45) is 6.45. The minimum Gasteiger partial charge on any atom is -0.160 e. The van der Waals surface area contributed by atoms with E-state index in [1.54, 1.807) is 0 Å². The zero-order chi connectivity index (χ0) is 7.14. The van der Waals surface area contributed by atoms with Crippen molar-refractivity contribution in [2.45, 2.75) is 29.9 Å². The fourth-order valence-corrected chi connectivity index (χ4v) is 4.35. The Kier molecular flexibility index (Phi) is 1.90. The van der Waals surface area contributed by atoms with Gasteiger partial charge < -0.3 is 0 Å². The highest BCUT2D eigenvalue weighted by atomic mass is 35.5. The minimum absolute atomic E-state index is 0.494. The molecule has 0 N–H and O–H groups in total. The Morgan fingerprint density at radius 3 is 2.40 bits per heavy atom. The Hall–Kier alpha value is 0.640. The molecule has 2 saturated carbocycles. The zero-order valence-corrected chi connectivity index (χ0v) is 7.79. The molecule has 2 fully saturated rings. The molecule has 0 spiro atoms. The van der Waals surface area contributed by atoms with E-state index in [-0.39, 0.29) is 0 Å². The van der Waals surface area contributed by atoms with Crippen LogP contribution in [0, 0.1) is 11.8 Å². The second-order valence-corrected chi connectivity index (χ2v) is 5.00. The van der Waals surface area contributed by atoms with Crippen LogP contribution in [0.4, 0.5) is 0 Å². The standard InChI is InChI=1S/C8H13ClS/c1-10-8-6-3-2-5(4-6)7(8)9/h5-8H,2-4H2,1H3. The van der Waals surface area contributed by atoms with Crippen LogP contribution in [0.1, 0.15) is 19.3 Å². The Labute approximate surface area is 71.7 Å². The average Bonchev–Trinajstić information content (AvgIpc) is 2.46. The summed E-state index contributed by atoms with van der Waals surface area (Å²) in [5.41, 5.74) is 0. The first-order chi connectivity index (χ1) is 4.83. The van der Waals surface area contributed by atoms with E-state index in [4.69, 9.17) is 11.6 Å². The molecule has 4 atom stereocenters. The Bertz CT molecular complexity index is 135. The van der Waals surface area contributed by atoms with Gasteiger partial charge in [0.25, 0.3) is 0 Å². The van der Waals surface area contributed by atoms with Crippen molar-refractivity contribution in [3.05, 3.63) is 0 Å². The van der Waals surface area contributed by atoms with E-state index in [9.17, 15) is 0 Å². The van der Waals surface area contributed by atoms with E-state index in [0.29, 0.717) is 5.38 Å². The van der Waals surface area contributed by atoms with Gasteiger partial charge in [-0.1, -0.05) is 0 Å². The molecule has 0 aromatic heterocycles. The molecule has 58 valence electrons. The molecule has 2 rings (SSSR count). The molecule has 10 heavy (non-hydrogen) atoms. The topological polar surface area (TPSA) is 0 Å². The van der Waals surface area contributed by atoms with Crippen molar-refractivity contribution in [1.82, 2.24) is 0 Å². The van der Waals surface area contributed by atoms with Gasteiger partial charge in [0, 0.05) is 10.6 Å². The third-order valence-corrected chi connectivity index (χ3v) is 5.01. The molecule has 0 heterocycles. The highest BCUT2D eigenvalue weighted by molar-refractivity contribution is 7.99. The summed E-state index contributed by atoms with van der Waals surface area (Å²) in [5, 5.41) is 1.27. The number of alkyl halides is 1. The van der Waals surface area contributed by atoms with E-state index in [2.05, 4.69) is 6.26 Å². The number of fused-ring (bicyclic) bond motifs is 2. The molecule has 0 radical (unpaired) electrons. The second-order valence-electron chi connectivity index (χ2n) is 3.48. The first kappa shape index (κ1) is 7.30. The van der Waals surface area contributed by atoms with Crippen LogP contribution in [-0.4, -0.2) is 16.9 Å². The van der Waals surface area contributed by atoms with Gasteiger partial charge in [0.05, 0.1) is 0 Å². The summed E-state index contributed by atoms with van der Waals surface area (Å²) in [6, 6.07) is 0. The fraction of sp³-hybridized carbons (Fsp3) is 1.00. The van der Waals surface area contributed by atoms with E-state index >= 15 is 0 Å². The minimum atomic E-state index is 0.494. The van der Waals surface area contributed by atoms with Gasteiger partial charge in [0.2, 0.25) is 0 Å². The molecular formula is C8H13ClS.